The molecule has 23 heavy (non-hydrogen) atoms. The van der Waals surface area contributed by atoms with Crippen LogP contribution in [0.3, 0.4) is 0 Å². The highest BCUT2D eigenvalue weighted by molar-refractivity contribution is 7.14. The molecule has 8 heteroatoms. The highest BCUT2D eigenvalue weighted by Crippen LogP contribution is 2.24. The second kappa shape index (κ2) is 7.66. The predicted molar refractivity (Wildman–Crippen MR) is 89.5 cm³/mol. The molecule has 1 aliphatic rings. The van der Waals surface area contributed by atoms with Gasteiger partial charge in [-0.3, -0.25) is 9.69 Å². The van der Waals surface area contributed by atoms with Gasteiger partial charge in [-0.2, -0.15) is 5.26 Å². The van der Waals surface area contributed by atoms with E-state index < -0.39 is 0 Å². The van der Waals surface area contributed by atoms with Gasteiger partial charge in [0.15, 0.2) is 0 Å². The summed E-state index contributed by atoms with van der Waals surface area (Å²) in [6, 6.07) is 3.78. The van der Waals surface area contributed by atoms with Crippen LogP contribution in [0.1, 0.15) is 23.1 Å². The van der Waals surface area contributed by atoms with Gasteiger partial charge in [0, 0.05) is 37.6 Å². The third-order valence-corrected chi connectivity index (χ3v) is 5.27. The number of nitrogens with zero attached hydrogens (tertiary/aromatic N) is 3. The maximum absolute atomic E-state index is 12.0. The maximum Gasteiger partial charge on any atom is 0.226 e. The van der Waals surface area contributed by atoms with Gasteiger partial charge in [0.1, 0.15) is 22.2 Å². The van der Waals surface area contributed by atoms with Gasteiger partial charge in [-0.25, -0.2) is 4.98 Å². The molecule has 1 amide bonds. The van der Waals surface area contributed by atoms with E-state index in [1.165, 1.54) is 11.3 Å². The summed E-state index contributed by atoms with van der Waals surface area (Å²) in [7, 11) is 0. The molecular formula is C15H16N4O2S2. The van der Waals surface area contributed by atoms with Gasteiger partial charge in [-0.15, -0.1) is 22.7 Å². The molecule has 3 rings (SSSR count). The number of thiophene rings is 1. The smallest absolute Gasteiger partial charge is 0.226 e. The highest BCUT2D eigenvalue weighted by Gasteiger charge is 2.24. The molecule has 1 atom stereocenters. The Morgan fingerprint density at radius 2 is 2.43 bits per heavy atom. The minimum Gasteiger partial charge on any atom is -0.368 e. The van der Waals surface area contributed by atoms with Gasteiger partial charge >= 0.3 is 0 Å². The fourth-order valence-electron chi connectivity index (χ4n) is 2.39. The Labute approximate surface area is 142 Å². The molecule has 0 radical (unpaired) electrons. The first-order chi connectivity index (χ1) is 11.3. The van der Waals surface area contributed by atoms with E-state index in [1.54, 1.807) is 29.0 Å². The second-order valence-corrected chi connectivity index (χ2v) is 6.95. The Morgan fingerprint density at radius 3 is 3.22 bits per heavy atom. The van der Waals surface area contributed by atoms with E-state index in [2.05, 4.69) is 21.3 Å². The SMILES string of the molecule is N#Cc1ccsc1NC(=O)CCN1CCO[C@H](c2nccs2)C1. The topological polar surface area (TPSA) is 78.2 Å². The molecule has 0 saturated carbocycles. The summed E-state index contributed by atoms with van der Waals surface area (Å²) in [6.45, 7) is 2.89. The van der Waals surface area contributed by atoms with Crippen LogP contribution in [0, 0.1) is 11.3 Å². The standard InChI is InChI=1S/C15H16N4O2S2/c16-9-11-2-7-22-14(11)18-13(20)1-4-19-5-6-21-12(10-19)15-17-3-8-23-15/h2-3,7-8,12H,1,4-6,10H2,(H,18,20)/t12-/m0/s1. The van der Waals surface area contributed by atoms with E-state index in [4.69, 9.17) is 10.00 Å². The summed E-state index contributed by atoms with van der Waals surface area (Å²) < 4.78 is 5.75. The van der Waals surface area contributed by atoms with E-state index in [0.717, 1.165) is 18.1 Å². The number of amides is 1. The van der Waals surface area contributed by atoms with Gasteiger partial charge in [0.05, 0.1) is 12.2 Å². The normalized spacial score (nSPS) is 18.5. The summed E-state index contributed by atoms with van der Waals surface area (Å²) in [5.41, 5.74) is 0.513. The van der Waals surface area contributed by atoms with Crippen molar-refractivity contribution < 1.29 is 9.53 Å². The molecule has 1 N–H and O–H groups in total. The molecule has 0 spiro atoms. The van der Waals surface area contributed by atoms with Crippen LogP contribution < -0.4 is 5.32 Å². The molecule has 1 aliphatic heterocycles. The van der Waals surface area contributed by atoms with Crippen LogP contribution in [0.15, 0.2) is 23.0 Å². The Bertz CT molecular complexity index is 693. The molecule has 0 aliphatic carbocycles. The van der Waals surface area contributed by atoms with E-state index in [1.807, 2.05) is 5.38 Å². The van der Waals surface area contributed by atoms with Crippen molar-refractivity contribution in [1.29, 1.82) is 5.26 Å². The number of aromatic nitrogens is 1. The molecule has 0 aromatic carbocycles. The molecular weight excluding hydrogens is 332 g/mol. The van der Waals surface area contributed by atoms with Gasteiger partial charge in [0.25, 0.3) is 0 Å². The summed E-state index contributed by atoms with van der Waals surface area (Å²) >= 11 is 2.96. The van der Waals surface area contributed by atoms with E-state index in [-0.39, 0.29) is 12.0 Å². The first kappa shape index (κ1) is 16.1. The van der Waals surface area contributed by atoms with Crippen molar-refractivity contribution in [3.8, 4) is 6.07 Å². The molecule has 0 bridgehead atoms. The zero-order chi connectivity index (χ0) is 16.1. The average Bonchev–Trinajstić information content (AvgIpc) is 3.24. The predicted octanol–water partition coefficient (Wildman–Crippen LogP) is 2.48. The van der Waals surface area contributed by atoms with Gasteiger partial charge in [-0.05, 0) is 11.4 Å². The maximum atomic E-state index is 12.0. The molecule has 6 nitrogen and oxygen atoms in total. The van der Waals surface area contributed by atoms with Crippen molar-refractivity contribution >= 4 is 33.6 Å². The van der Waals surface area contributed by atoms with Gasteiger partial charge in [-0.1, -0.05) is 0 Å². The van der Waals surface area contributed by atoms with E-state index in [0.29, 0.717) is 30.1 Å². The average molecular weight is 348 g/mol. The van der Waals surface area contributed by atoms with Gasteiger partial charge < -0.3 is 10.1 Å². The number of carbonyl (C=O) groups excluding carboxylic acids is 1. The summed E-state index contributed by atoms with van der Waals surface area (Å²) in [5, 5.41) is 17.1. The van der Waals surface area contributed by atoms with Crippen molar-refractivity contribution in [3.63, 3.8) is 0 Å². The molecule has 2 aromatic rings. The molecule has 1 saturated heterocycles. The number of hydrogen-bond acceptors (Lipinski definition) is 7. The Morgan fingerprint density at radius 1 is 1.52 bits per heavy atom. The number of morpholine rings is 1. The van der Waals surface area contributed by atoms with Crippen LogP contribution in [0.4, 0.5) is 5.00 Å². The highest BCUT2D eigenvalue weighted by atomic mass is 32.1. The first-order valence-electron chi connectivity index (χ1n) is 7.27. The third-order valence-electron chi connectivity index (χ3n) is 3.57. The fourth-order valence-corrected chi connectivity index (χ4v) is 3.82. The lowest BCUT2D eigenvalue weighted by Gasteiger charge is -2.31. The van der Waals surface area contributed by atoms with Crippen molar-refractivity contribution in [2.24, 2.45) is 0 Å². The van der Waals surface area contributed by atoms with Crippen molar-refractivity contribution in [1.82, 2.24) is 9.88 Å². The second-order valence-electron chi connectivity index (χ2n) is 5.10. The van der Waals surface area contributed by atoms with Crippen LogP contribution in [-0.4, -0.2) is 42.0 Å². The number of carbonyl (C=O) groups is 1. The Balaban J connectivity index is 1.48. The molecule has 1 fully saturated rings. The van der Waals surface area contributed by atoms with Crippen LogP contribution in [0.25, 0.3) is 0 Å². The summed E-state index contributed by atoms with van der Waals surface area (Å²) in [4.78, 5) is 18.6. The Hall–Kier alpha value is -1.79. The number of rotatable bonds is 5. The minimum atomic E-state index is -0.0683. The lowest BCUT2D eigenvalue weighted by Crippen LogP contribution is -2.39. The van der Waals surface area contributed by atoms with Crippen molar-refractivity contribution in [2.45, 2.75) is 12.5 Å². The van der Waals surface area contributed by atoms with Crippen LogP contribution in [0.2, 0.25) is 0 Å². The van der Waals surface area contributed by atoms with Crippen LogP contribution in [0.5, 0.6) is 0 Å². The number of ether oxygens (including phenoxy) is 1. The monoisotopic (exact) mass is 348 g/mol. The molecule has 0 unspecified atom stereocenters. The quantitative estimate of drug-likeness (QED) is 0.898. The summed E-state index contributed by atoms with van der Waals surface area (Å²) in [5.74, 6) is -0.0683. The van der Waals surface area contributed by atoms with Crippen molar-refractivity contribution in [3.05, 3.63) is 33.6 Å². The largest absolute Gasteiger partial charge is 0.368 e. The fraction of sp³-hybridized carbons (Fsp3) is 0.400. The summed E-state index contributed by atoms with van der Waals surface area (Å²) in [6.07, 6.45) is 2.17. The van der Waals surface area contributed by atoms with E-state index >= 15 is 0 Å². The van der Waals surface area contributed by atoms with E-state index in [9.17, 15) is 4.79 Å². The lowest BCUT2D eigenvalue weighted by molar-refractivity contribution is -0.117. The zero-order valence-corrected chi connectivity index (χ0v) is 14.0. The zero-order valence-electron chi connectivity index (χ0n) is 12.4. The number of thiazole rings is 1. The first-order valence-corrected chi connectivity index (χ1v) is 9.03. The number of nitrogens with one attached hydrogen (secondary N) is 1. The number of hydrogen-bond donors (Lipinski definition) is 1. The molecule has 2 aromatic heterocycles. The van der Waals surface area contributed by atoms with Crippen molar-refractivity contribution in [2.75, 3.05) is 31.6 Å². The molecule has 120 valence electrons. The van der Waals surface area contributed by atoms with Crippen LogP contribution in [-0.2, 0) is 9.53 Å². The van der Waals surface area contributed by atoms with Gasteiger partial charge in [0.2, 0.25) is 5.91 Å². The van der Waals surface area contributed by atoms with Crippen LogP contribution >= 0.6 is 22.7 Å². The minimum absolute atomic E-state index is 0.00528. The number of nitriles is 1. The number of anilines is 1. The Kier molecular flexibility index (Phi) is 5.35. The third kappa shape index (κ3) is 4.14. The molecule has 3 heterocycles. The lowest BCUT2D eigenvalue weighted by atomic mass is 10.2.